The van der Waals surface area contributed by atoms with Crippen LogP contribution in [0.15, 0.2) is 21.5 Å². The quantitative estimate of drug-likeness (QED) is 0.634. The summed E-state index contributed by atoms with van der Waals surface area (Å²) in [5.74, 6) is 1.45. The Kier molecular flexibility index (Phi) is 3.96. The van der Waals surface area contributed by atoms with Gasteiger partial charge in [-0.1, -0.05) is 24.0 Å². The molecule has 1 amide bonds. The number of thiocarbonyl (C=S) groups is 1. The van der Waals surface area contributed by atoms with Crippen molar-refractivity contribution in [1.82, 2.24) is 4.90 Å². The van der Waals surface area contributed by atoms with Crippen molar-refractivity contribution in [3.8, 4) is 0 Å². The molecule has 0 radical (unpaired) electrons. The standard InChI is InChI=1S/C14H15NO3S2/c1-9-4-5-10(18-9)7-12-13(16)15(14(19)20-12)8-11-3-2-6-17-11/h4-5,7,11H,2-3,6,8H2,1H3/b12-7-/t11-/m0/s1. The van der Waals surface area contributed by atoms with E-state index in [9.17, 15) is 4.79 Å². The van der Waals surface area contributed by atoms with Gasteiger partial charge in [-0.25, -0.2) is 0 Å². The molecule has 3 heterocycles. The van der Waals surface area contributed by atoms with Crippen molar-refractivity contribution in [2.24, 2.45) is 0 Å². The average molecular weight is 309 g/mol. The molecule has 6 heteroatoms. The summed E-state index contributed by atoms with van der Waals surface area (Å²) in [5.41, 5.74) is 0. The largest absolute Gasteiger partial charge is 0.462 e. The number of carbonyl (C=O) groups excluding carboxylic acids is 1. The van der Waals surface area contributed by atoms with Gasteiger partial charge < -0.3 is 9.15 Å². The molecule has 0 N–H and O–H groups in total. The molecule has 0 bridgehead atoms. The first kappa shape index (κ1) is 13.9. The van der Waals surface area contributed by atoms with Gasteiger partial charge in [0, 0.05) is 12.7 Å². The summed E-state index contributed by atoms with van der Waals surface area (Å²) >= 11 is 6.61. The van der Waals surface area contributed by atoms with E-state index in [1.165, 1.54) is 11.8 Å². The first-order valence-electron chi connectivity index (χ1n) is 6.57. The van der Waals surface area contributed by atoms with Crippen LogP contribution in [0, 0.1) is 6.92 Å². The van der Waals surface area contributed by atoms with E-state index in [-0.39, 0.29) is 12.0 Å². The maximum atomic E-state index is 12.4. The maximum absolute atomic E-state index is 12.4. The lowest BCUT2D eigenvalue weighted by Gasteiger charge is -2.18. The van der Waals surface area contributed by atoms with Crippen molar-refractivity contribution in [3.63, 3.8) is 0 Å². The number of ether oxygens (including phenoxy) is 1. The average Bonchev–Trinajstić information content (AvgIpc) is 3.10. The Bertz CT molecular complexity index is 573. The van der Waals surface area contributed by atoms with E-state index in [4.69, 9.17) is 21.4 Å². The Morgan fingerprint density at radius 2 is 2.40 bits per heavy atom. The van der Waals surface area contributed by atoms with Crippen LogP contribution in [0.25, 0.3) is 6.08 Å². The first-order chi connectivity index (χ1) is 9.63. The molecule has 0 spiro atoms. The van der Waals surface area contributed by atoms with Gasteiger partial charge in [-0.2, -0.15) is 0 Å². The SMILES string of the molecule is Cc1ccc(/C=C2\SC(=S)N(C[C@@H]3CCCO3)C2=O)o1. The maximum Gasteiger partial charge on any atom is 0.266 e. The van der Waals surface area contributed by atoms with E-state index in [1.54, 1.807) is 11.0 Å². The number of rotatable bonds is 3. The highest BCUT2D eigenvalue weighted by Gasteiger charge is 2.34. The molecule has 0 aromatic carbocycles. The minimum Gasteiger partial charge on any atom is -0.462 e. The Morgan fingerprint density at radius 3 is 3.05 bits per heavy atom. The molecular weight excluding hydrogens is 294 g/mol. The van der Waals surface area contributed by atoms with Crippen LogP contribution in [0.3, 0.4) is 0 Å². The molecule has 2 aliphatic heterocycles. The second-order valence-corrected chi connectivity index (χ2v) is 6.55. The molecular formula is C14H15NO3S2. The van der Waals surface area contributed by atoms with Crippen LogP contribution in [0.1, 0.15) is 24.4 Å². The number of thioether (sulfide) groups is 1. The molecule has 106 valence electrons. The van der Waals surface area contributed by atoms with Crippen LogP contribution >= 0.6 is 24.0 Å². The number of hydrogen-bond donors (Lipinski definition) is 0. The van der Waals surface area contributed by atoms with Crippen LogP contribution in [0.2, 0.25) is 0 Å². The van der Waals surface area contributed by atoms with Gasteiger partial charge in [0.2, 0.25) is 0 Å². The minimum absolute atomic E-state index is 0.0513. The van der Waals surface area contributed by atoms with E-state index in [0.29, 0.717) is 21.5 Å². The summed E-state index contributed by atoms with van der Waals surface area (Å²) in [4.78, 5) is 14.6. The van der Waals surface area contributed by atoms with Gasteiger partial charge in [0.05, 0.1) is 17.6 Å². The summed E-state index contributed by atoms with van der Waals surface area (Å²) in [6.07, 6.45) is 3.92. The number of nitrogens with zero attached hydrogens (tertiary/aromatic N) is 1. The minimum atomic E-state index is -0.0513. The fraction of sp³-hybridized carbons (Fsp3) is 0.429. The summed E-state index contributed by atoms with van der Waals surface area (Å²) in [6, 6.07) is 3.72. The molecule has 0 unspecified atom stereocenters. The zero-order valence-electron chi connectivity index (χ0n) is 11.1. The van der Waals surface area contributed by atoms with Gasteiger partial charge in [0.1, 0.15) is 15.8 Å². The monoisotopic (exact) mass is 309 g/mol. The van der Waals surface area contributed by atoms with Gasteiger partial charge in [0.15, 0.2) is 0 Å². The molecule has 2 aliphatic rings. The zero-order chi connectivity index (χ0) is 14.1. The summed E-state index contributed by atoms with van der Waals surface area (Å²) in [6.45, 7) is 3.21. The molecule has 1 aromatic heterocycles. The van der Waals surface area contributed by atoms with E-state index in [1.807, 2.05) is 19.1 Å². The van der Waals surface area contributed by atoms with E-state index in [2.05, 4.69) is 0 Å². The molecule has 0 aliphatic carbocycles. The molecule has 0 saturated carbocycles. The lowest BCUT2D eigenvalue weighted by Crippen LogP contribution is -2.35. The number of amides is 1. The Morgan fingerprint density at radius 1 is 1.55 bits per heavy atom. The topological polar surface area (TPSA) is 42.7 Å². The molecule has 4 nitrogen and oxygen atoms in total. The fourth-order valence-corrected chi connectivity index (χ4v) is 3.56. The molecule has 3 rings (SSSR count). The van der Waals surface area contributed by atoms with Crippen LogP contribution in [0.4, 0.5) is 0 Å². The number of carbonyl (C=O) groups is 1. The van der Waals surface area contributed by atoms with Crippen LogP contribution in [0.5, 0.6) is 0 Å². The third kappa shape index (κ3) is 2.82. The van der Waals surface area contributed by atoms with Crippen molar-refractivity contribution in [2.45, 2.75) is 25.9 Å². The Labute approximate surface area is 127 Å². The molecule has 20 heavy (non-hydrogen) atoms. The summed E-state index contributed by atoms with van der Waals surface area (Å²) in [5, 5.41) is 0. The predicted molar refractivity (Wildman–Crippen MR) is 82.3 cm³/mol. The van der Waals surface area contributed by atoms with Crippen LogP contribution in [-0.2, 0) is 9.53 Å². The molecule has 2 saturated heterocycles. The van der Waals surface area contributed by atoms with Crippen molar-refractivity contribution in [1.29, 1.82) is 0 Å². The summed E-state index contributed by atoms with van der Waals surface area (Å²) < 4.78 is 11.6. The van der Waals surface area contributed by atoms with Crippen molar-refractivity contribution >= 4 is 40.3 Å². The van der Waals surface area contributed by atoms with E-state index in [0.717, 1.165) is 25.2 Å². The third-order valence-electron chi connectivity index (χ3n) is 3.32. The van der Waals surface area contributed by atoms with E-state index >= 15 is 0 Å². The number of aryl methyl sites for hydroxylation is 1. The lowest BCUT2D eigenvalue weighted by atomic mass is 10.2. The Hall–Kier alpha value is -1.11. The molecule has 2 fully saturated rings. The van der Waals surface area contributed by atoms with Crippen LogP contribution < -0.4 is 0 Å². The second kappa shape index (κ2) is 5.71. The van der Waals surface area contributed by atoms with Gasteiger partial charge in [-0.15, -0.1) is 0 Å². The highest BCUT2D eigenvalue weighted by atomic mass is 32.2. The van der Waals surface area contributed by atoms with Gasteiger partial charge in [-0.3, -0.25) is 9.69 Å². The van der Waals surface area contributed by atoms with Crippen molar-refractivity contribution < 1.29 is 13.9 Å². The van der Waals surface area contributed by atoms with Gasteiger partial charge in [0.25, 0.3) is 5.91 Å². The van der Waals surface area contributed by atoms with Crippen molar-refractivity contribution in [2.75, 3.05) is 13.2 Å². The number of hydrogen-bond acceptors (Lipinski definition) is 5. The molecule has 1 aromatic rings. The highest BCUT2D eigenvalue weighted by Crippen LogP contribution is 2.33. The Balaban J connectivity index is 1.74. The molecule has 1 atom stereocenters. The fourth-order valence-electron chi connectivity index (χ4n) is 2.31. The first-order valence-corrected chi connectivity index (χ1v) is 7.79. The van der Waals surface area contributed by atoms with Gasteiger partial charge >= 0.3 is 0 Å². The highest BCUT2D eigenvalue weighted by molar-refractivity contribution is 8.26. The second-order valence-electron chi connectivity index (χ2n) is 4.88. The normalized spacial score (nSPS) is 25.1. The third-order valence-corrected chi connectivity index (χ3v) is 4.70. The number of furan rings is 1. The predicted octanol–water partition coefficient (Wildman–Crippen LogP) is 2.97. The van der Waals surface area contributed by atoms with Gasteiger partial charge in [-0.05, 0) is 31.9 Å². The zero-order valence-corrected chi connectivity index (χ0v) is 12.8. The lowest BCUT2D eigenvalue weighted by molar-refractivity contribution is -0.123. The van der Waals surface area contributed by atoms with E-state index < -0.39 is 0 Å². The van der Waals surface area contributed by atoms with Crippen molar-refractivity contribution in [3.05, 3.63) is 28.6 Å². The smallest absolute Gasteiger partial charge is 0.266 e. The summed E-state index contributed by atoms with van der Waals surface area (Å²) in [7, 11) is 0. The van der Waals surface area contributed by atoms with Crippen LogP contribution in [-0.4, -0.2) is 34.4 Å².